The SMILES string of the molecule is COC(=O)[C@@H](NC(=O)Cc1cn2cc(-c3ccoc3)cc(C(F)(F)F)c2n1)C(C)(C)C. The number of methoxy groups -OCH3 is 1. The summed E-state index contributed by atoms with van der Waals surface area (Å²) in [6, 6.07) is 1.62. The lowest BCUT2D eigenvalue weighted by Gasteiger charge is -2.28. The van der Waals surface area contributed by atoms with Gasteiger partial charge < -0.3 is 18.9 Å². The molecule has 31 heavy (non-hydrogen) atoms. The molecular formula is C21H22F3N3O4. The van der Waals surface area contributed by atoms with Crippen LogP contribution in [0.15, 0.2) is 41.5 Å². The van der Waals surface area contributed by atoms with Gasteiger partial charge in [-0.05, 0) is 17.5 Å². The number of carbonyl (C=O) groups excluding carboxylic acids is 2. The van der Waals surface area contributed by atoms with Crippen molar-refractivity contribution >= 4 is 17.5 Å². The largest absolute Gasteiger partial charge is 0.472 e. The molecule has 0 radical (unpaired) electrons. The van der Waals surface area contributed by atoms with Crippen LogP contribution in [0.1, 0.15) is 32.0 Å². The fourth-order valence-corrected chi connectivity index (χ4v) is 3.15. The van der Waals surface area contributed by atoms with Gasteiger partial charge in [0.25, 0.3) is 0 Å². The molecule has 0 aliphatic carbocycles. The summed E-state index contributed by atoms with van der Waals surface area (Å²) in [7, 11) is 1.21. The Kier molecular flexibility index (Phi) is 5.84. The lowest BCUT2D eigenvalue weighted by molar-refractivity contribution is -0.148. The second-order valence-corrected chi connectivity index (χ2v) is 8.18. The summed E-state index contributed by atoms with van der Waals surface area (Å²) < 4.78 is 51.8. The van der Waals surface area contributed by atoms with E-state index in [-0.39, 0.29) is 17.8 Å². The standard InChI is InChI=1S/C21H22F3N3O4/c1-20(2,3)17(19(29)30-4)26-16(28)8-14-10-27-9-13(12-5-6-31-11-12)7-15(18(27)25-14)21(22,23)24/h5-7,9-11,17H,8H2,1-4H3,(H,26,28)/t17-/m1/s1. The van der Waals surface area contributed by atoms with Gasteiger partial charge in [0, 0.05) is 23.5 Å². The van der Waals surface area contributed by atoms with Crippen molar-refractivity contribution in [2.24, 2.45) is 5.41 Å². The normalized spacial score (nSPS) is 13.3. The van der Waals surface area contributed by atoms with Crippen molar-refractivity contribution in [3.8, 4) is 11.1 Å². The molecule has 0 saturated heterocycles. The Morgan fingerprint density at radius 2 is 1.94 bits per heavy atom. The lowest BCUT2D eigenvalue weighted by Crippen LogP contribution is -2.50. The minimum Gasteiger partial charge on any atom is -0.472 e. The number of ether oxygens (including phenoxy) is 1. The third-order valence-corrected chi connectivity index (χ3v) is 4.71. The quantitative estimate of drug-likeness (QED) is 0.613. The van der Waals surface area contributed by atoms with Crippen LogP contribution in [-0.2, 0) is 26.9 Å². The third-order valence-electron chi connectivity index (χ3n) is 4.71. The topological polar surface area (TPSA) is 85.8 Å². The van der Waals surface area contributed by atoms with Crippen molar-refractivity contribution in [3.63, 3.8) is 0 Å². The minimum absolute atomic E-state index is 0.130. The van der Waals surface area contributed by atoms with Crippen LogP contribution in [0, 0.1) is 5.41 Å². The van der Waals surface area contributed by atoms with Gasteiger partial charge in [-0.25, -0.2) is 9.78 Å². The van der Waals surface area contributed by atoms with Crippen LogP contribution in [0.4, 0.5) is 13.2 Å². The number of nitrogens with one attached hydrogen (secondary N) is 1. The molecule has 166 valence electrons. The Morgan fingerprint density at radius 3 is 2.48 bits per heavy atom. The molecule has 3 heterocycles. The molecule has 0 fully saturated rings. The van der Waals surface area contributed by atoms with Crippen molar-refractivity contribution in [2.45, 2.75) is 39.4 Å². The van der Waals surface area contributed by atoms with Crippen LogP contribution in [0.25, 0.3) is 16.8 Å². The summed E-state index contributed by atoms with van der Waals surface area (Å²) >= 11 is 0. The number of aromatic nitrogens is 2. The molecule has 1 atom stereocenters. The number of halogens is 3. The average molecular weight is 437 g/mol. The molecule has 10 heteroatoms. The molecule has 3 aromatic rings. The van der Waals surface area contributed by atoms with E-state index >= 15 is 0 Å². The molecule has 0 aliphatic rings. The number of carbonyl (C=O) groups is 2. The number of imidazole rings is 1. The van der Waals surface area contributed by atoms with E-state index in [4.69, 9.17) is 9.15 Å². The minimum atomic E-state index is -4.64. The van der Waals surface area contributed by atoms with Crippen molar-refractivity contribution < 1.29 is 31.9 Å². The predicted octanol–water partition coefficient (Wildman–Crippen LogP) is 3.86. The Labute approximate surface area is 176 Å². The van der Waals surface area contributed by atoms with Crippen molar-refractivity contribution in [1.82, 2.24) is 14.7 Å². The average Bonchev–Trinajstić information content (AvgIpc) is 3.32. The first kappa shape index (κ1) is 22.4. The zero-order valence-corrected chi connectivity index (χ0v) is 17.4. The monoisotopic (exact) mass is 437 g/mol. The van der Waals surface area contributed by atoms with Gasteiger partial charge in [0.1, 0.15) is 11.7 Å². The zero-order chi connectivity index (χ0) is 23.0. The number of pyridine rings is 1. The van der Waals surface area contributed by atoms with E-state index in [1.54, 1.807) is 26.8 Å². The van der Waals surface area contributed by atoms with Gasteiger partial charge in [0.2, 0.25) is 5.91 Å². The van der Waals surface area contributed by atoms with Crippen LogP contribution >= 0.6 is 0 Å². The Morgan fingerprint density at radius 1 is 1.23 bits per heavy atom. The maximum Gasteiger partial charge on any atom is 0.420 e. The van der Waals surface area contributed by atoms with E-state index in [1.165, 1.54) is 36.4 Å². The highest BCUT2D eigenvalue weighted by molar-refractivity contribution is 5.86. The molecule has 1 amide bonds. The molecule has 7 nitrogen and oxygen atoms in total. The molecule has 0 unspecified atom stereocenters. The van der Waals surface area contributed by atoms with Crippen LogP contribution in [0.5, 0.6) is 0 Å². The maximum absolute atomic E-state index is 13.6. The number of esters is 1. The highest BCUT2D eigenvalue weighted by Crippen LogP contribution is 2.35. The van der Waals surface area contributed by atoms with Crippen LogP contribution in [-0.4, -0.2) is 34.4 Å². The van der Waals surface area contributed by atoms with Crippen LogP contribution in [0.3, 0.4) is 0 Å². The van der Waals surface area contributed by atoms with E-state index < -0.39 is 35.1 Å². The number of fused-ring (bicyclic) bond motifs is 1. The molecule has 0 aliphatic heterocycles. The van der Waals surface area contributed by atoms with E-state index in [9.17, 15) is 22.8 Å². The summed E-state index contributed by atoms with van der Waals surface area (Å²) in [5.74, 6) is -1.17. The molecule has 0 bridgehead atoms. The number of hydrogen-bond donors (Lipinski definition) is 1. The van der Waals surface area contributed by atoms with Crippen LogP contribution < -0.4 is 5.32 Å². The molecule has 1 N–H and O–H groups in total. The molecule has 0 aromatic carbocycles. The van der Waals surface area contributed by atoms with Crippen molar-refractivity contribution in [2.75, 3.05) is 7.11 Å². The van der Waals surface area contributed by atoms with Gasteiger partial charge >= 0.3 is 12.1 Å². The molecular weight excluding hydrogens is 415 g/mol. The molecule has 0 saturated carbocycles. The second-order valence-electron chi connectivity index (χ2n) is 8.18. The summed E-state index contributed by atoms with van der Waals surface area (Å²) in [4.78, 5) is 28.5. The molecule has 3 rings (SSSR count). The van der Waals surface area contributed by atoms with Crippen molar-refractivity contribution in [1.29, 1.82) is 0 Å². The zero-order valence-electron chi connectivity index (χ0n) is 17.4. The summed E-state index contributed by atoms with van der Waals surface area (Å²) in [5, 5.41) is 2.58. The van der Waals surface area contributed by atoms with Crippen molar-refractivity contribution in [3.05, 3.63) is 48.3 Å². The second kappa shape index (κ2) is 8.09. The third kappa shape index (κ3) is 4.89. The van der Waals surface area contributed by atoms with Gasteiger partial charge in [-0.2, -0.15) is 13.2 Å². The Bertz CT molecular complexity index is 1100. The van der Waals surface area contributed by atoms with E-state index in [0.717, 1.165) is 6.07 Å². The predicted molar refractivity (Wildman–Crippen MR) is 105 cm³/mol. The van der Waals surface area contributed by atoms with E-state index in [0.29, 0.717) is 11.1 Å². The highest BCUT2D eigenvalue weighted by Gasteiger charge is 2.36. The van der Waals surface area contributed by atoms with E-state index in [2.05, 4.69) is 10.3 Å². The Balaban J connectivity index is 1.93. The maximum atomic E-state index is 13.6. The van der Waals surface area contributed by atoms with E-state index in [1.807, 2.05) is 0 Å². The fraction of sp³-hybridized carbons (Fsp3) is 0.381. The first-order chi connectivity index (χ1) is 14.4. The number of amides is 1. The molecule has 0 spiro atoms. The number of alkyl halides is 3. The number of hydrogen-bond acceptors (Lipinski definition) is 5. The van der Waals surface area contributed by atoms with Gasteiger partial charge in [-0.15, -0.1) is 0 Å². The number of rotatable bonds is 5. The van der Waals surface area contributed by atoms with Gasteiger partial charge in [0.15, 0.2) is 0 Å². The fourth-order valence-electron chi connectivity index (χ4n) is 3.15. The first-order valence-electron chi connectivity index (χ1n) is 9.38. The summed E-state index contributed by atoms with van der Waals surface area (Å²) in [6.45, 7) is 5.27. The van der Waals surface area contributed by atoms with Gasteiger partial charge in [-0.1, -0.05) is 20.8 Å². The first-order valence-corrected chi connectivity index (χ1v) is 9.38. The number of furan rings is 1. The Hall–Kier alpha value is -3.30. The lowest BCUT2D eigenvalue weighted by atomic mass is 9.86. The molecule has 3 aromatic heterocycles. The van der Waals surface area contributed by atoms with Gasteiger partial charge in [0.05, 0.1) is 37.3 Å². The van der Waals surface area contributed by atoms with Gasteiger partial charge in [-0.3, -0.25) is 4.79 Å². The highest BCUT2D eigenvalue weighted by atomic mass is 19.4. The summed E-state index contributed by atoms with van der Waals surface area (Å²) in [5.41, 5.74) is -0.968. The van der Waals surface area contributed by atoms with Crippen LogP contribution in [0.2, 0.25) is 0 Å². The smallest absolute Gasteiger partial charge is 0.420 e. The number of nitrogens with zero attached hydrogens (tertiary/aromatic N) is 2. The summed E-state index contributed by atoms with van der Waals surface area (Å²) in [6.07, 6.45) is 0.599.